The Labute approximate surface area is 124 Å². The van der Waals surface area contributed by atoms with Crippen molar-refractivity contribution in [1.29, 1.82) is 0 Å². The highest BCUT2D eigenvalue weighted by molar-refractivity contribution is 5.88. The van der Waals surface area contributed by atoms with Gasteiger partial charge in [-0.3, -0.25) is 4.79 Å². The van der Waals surface area contributed by atoms with Gasteiger partial charge in [0.1, 0.15) is 5.56 Å². The predicted octanol–water partition coefficient (Wildman–Crippen LogP) is 2.94. The lowest BCUT2D eigenvalue weighted by Crippen LogP contribution is -2.29. The first-order valence-electron chi connectivity index (χ1n) is 6.99. The lowest BCUT2D eigenvalue weighted by molar-refractivity contribution is 0.0523. The van der Waals surface area contributed by atoms with Gasteiger partial charge in [-0.1, -0.05) is 29.8 Å². The van der Waals surface area contributed by atoms with Gasteiger partial charge in [0.2, 0.25) is 0 Å². The Morgan fingerprint density at radius 1 is 1.24 bits per heavy atom. The fourth-order valence-corrected chi connectivity index (χ4v) is 2.18. The van der Waals surface area contributed by atoms with Crippen molar-refractivity contribution in [2.75, 3.05) is 6.61 Å². The molecule has 4 nitrogen and oxygen atoms in total. The first-order valence-corrected chi connectivity index (χ1v) is 6.99. The van der Waals surface area contributed by atoms with E-state index in [1.54, 1.807) is 23.8 Å². The number of aryl methyl sites for hydroxylation is 1. The zero-order valence-corrected chi connectivity index (χ0v) is 12.5. The molecule has 0 aliphatic carbocycles. The monoisotopic (exact) mass is 285 g/mol. The number of benzene rings is 1. The van der Waals surface area contributed by atoms with Crippen molar-refractivity contribution < 1.29 is 9.53 Å². The highest BCUT2D eigenvalue weighted by Crippen LogP contribution is 2.16. The summed E-state index contributed by atoms with van der Waals surface area (Å²) in [6, 6.07) is 11.0. The van der Waals surface area contributed by atoms with Crippen LogP contribution < -0.4 is 5.56 Å². The number of pyridine rings is 1. The Morgan fingerprint density at radius 3 is 2.52 bits per heavy atom. The summed E-state index contributed by atoms with van der Waals surface area (Å²) in [6.45, 7) is 5.91. The maximum absolute atomic E-state index is 12.4. The molecule has 2 aromatic rings. The summed E-state index contributed by atoms with van der Waals surface area (Å²) in [6.07, 6.45) is 1.69. The Kier molecular flexibility index (Phi) is 4.58. The highest BCUT2D eigenvalue weighted by Gasteiger charge is 2.16. The van der Waals surface area contributed by atoms with E-state index in [1.807, 2.05) is 38.1 Å². The van der Waals surface area contributed by atoms with Crippen LogP contribution >= 0.6 is 0 Å². The minimum absolute atomic E-state index is 0.0679. The smallest absolute Gasteiger partial charge is 0.343 e. The van der Waals surface area contributed by atoms with Gasteiger partial charge >= 0.3 is 5.97 Å². The number of nitrogens with zero attached hydrogens (tertiary/aromatic N) is 1. The van der Waals surface area contributed by atoms with Crippen molar-refractivity contribution in [2.45, 2.75) is 26.8 Å². The summed E-state index contributed by atoms with van der Waals surface area (Å²) in [5.74, 6) is -0.576. The minimum Gasteiger partial charge on any atom is -0.462 e. The highest BCUT2D eigenvalue weighted by atomic mass is 16.5. The van der Waals surface area contributed by atoms with E-state index in [-0.39, 0.29) is 23.8 Å². The summed E-state index contributed by atoms with van der Waals surface area (Å²) < 4.78 is 6.47. The summed E-state index contributed by atoms with van der Waals surface area (Å²) in [5.41, 5.74) is 1.92. The Bertz CT molecular complexity index is 686. The van der Waals surface area contributed by atoms with E-state index >= 15 is 0 Å². The minimum atomic E-state index is -0.576. The van der Waals surface area contributed by atoms with Gasteiger partial charge in [-0.25, -0.2) is 4.79 Å². The Hall–Kier alpha value is -2.36. The molecule has 0 radical (unpaired) electrons. The predicted molar refractivity (Wildman–Crippen MR) is 81.7 cm³/mol. The number of hydrogen-bond acceptors (Lipinski definition) is 3. The number of aromatic nitrogens is 1. The molecule has 0 bridgehead atoms. The Balaban J connectivity index is 2.40. The van der Waals surface area contributed by atoms with Crippen LogP contribution in [-0.4, -0.2) is 17.1 Å². The van der Waals surface area contributed by atoms with E-state index in [9.17, 15) is 9.59 Å². The van der Waals surface area contributed by atoms with Gasteiger partial charge in [-0.2, -0.15) is 0 Å². The molecule has 0 saturated heterocycles. The molecule has 110 valence electrons. The zero-order valence-electron chi connectivity index (χ0n) is 12.5. The van der Waals surface area contributed by atoms with Crippen LogP contribution in [0, 0.1) is 6.92 Å². The molecule has 1 atom stereocenters. The summed E-state index contributed by atoms with van der Waals surface area (Å²) >= 11 is 0. The molecule has 0 aliphatic heterocycles. The normalized spacial score (nSPS) is 12.0. The molecule has 1 unspecified atom stereocenters. The molecule has 0 N–H and O–H groups in total. The average Bonchev–Trinajstić information content (AvgIpc) is 2.48. The van der Waals surface area contributed by atoms with E-state index in [0.29, 0.717) is 0 Å². The van der Waals surface area contributed by atoms with E-state index in [0.717, 1.165) is 5.56 Å². The zero-order chi connectivity index (χ0) is 15.4. The van der Waals surface area contributed by atoms with Gasteiger partial charge in [0.15, 0.2) is 0 Å². The van der Waals surface area contributed by atoms with Crippen molar-refractivity contribution in [3.05, 3.63) is 69.6 Å². The first-order chi connectivity index (χ1) is 10.0. The molecular formula is C17H19NO3. The Morgan fingerprint density at radius 2 is 1.90 bits per heavy atom. The quantitative estimate of drug-likeness (QED) is 0.811. The number of carbonyl (C=O) groups excluding carboxylic acids is 1. The fourth-order valence-electron chi connectivity index (χ4n) is 2.18. The van der Waals surface area contributed by atoms with Crippen molar-refractivity contribution in [3.63, 3.8) is 0 Å². The van der Waals surface area contributed by atoms with Crippen molar-refractivity contribution in [3.8, 4) is 0 Å². The summed E-state index contributed by atoms with van der Waals surface area (Å²) in [5, 5.41) is 0. The van der Waals surface area contributed by atoms with Gasteiger partial charge in [0.25, 0.3) is 5.56 Å². The van der Waals surface area contributed by atoms with Gasteiger partial charge in [0, 0.05) is 6.20 Å². The van der Waals surface area contributed by atoms with Gasteiger partial charge in [0.05, 0.1) is 12.6 Å². The second-order valence-electron chi connectivity index (χ2n) is 4.94. The van der Waals surface area contributed by atoms with E-state index in [1.165, 1.54) is 11.6 Å². The molecule has 0 fully saturated rings. The van der Waals surface area contributed by atoms with Crippen molar-refractivity contribution in [1.82, 2.24) is 4.57 Å². The average molecular weight is 285 g/mol. The molecule has 21 heavy (non-hydrogen) atoms. The molecule has 1 heterocycles. The van der Waals surface area contributed by atoms with Crippen LogP contribution in [0.2, 0.25) is 0 Å². The molecule has 0 saturated carbocycles. The fraction of sp³-hybridized carbons (Fsp3) is 0.294. The van der Waals surface area contributed by atoms with Gasteiger partial charge in [-0.15, -0.1) is 0 Å². The summed E-state index contributed by atoms with van der Waals surface area (Å²) in [7, 11) is 0. The van der Waals surface area contributed by atoms with Crippen LogP contribution in [0.1, 0.15) is 41.4 Å². The first kappa shape index (κ1) is 15.0. The number of hydrogen-bond donors (Lipinski definition) is 0. The van der Waals surface area contributed by atoms with E-state index in [2.05, 4.69) is 0 Å². The maximum Gasteiger partial charge on any atom is 0.343 e. The molecule has 1 aromatic carbocycles. The standard InChI is InChI=1S/C17H19NO3/c1-4-21-17(20)15-6-5-11-18(16(15)19)13(3)14-9-7-12(2)8-10-14/h5-11,13H,4H2,1-3H3. The lowest BCUT2D eigenvalue weighted by Gasteiger charge is -2.16. The second-order valence-corrected chi connectivity index (χ2v) is 4.94. The van der Waals surface area contributed by atoms with Gasteiger partial charge in [-0.05, 0) is 38.5 Å². The second kappa shape index (κ2) is 6.39. The van der Waals surface area contributed by atoms with E-state index < -0.39 is 5.97 Å². The molecule has 0 aliphatic rings. The van der Waals surface area contributed by atoms with Crippen LogP contribution in [0.15, 0.2) is 47.4 Å². The third-order valence-electron chi connectivity index (χ3n) is 3.45. The van der Waals surface area contributed by atoms with E-state index in [4.69, 9.17) is 4.74 Å². The van der Waals surface area contributed by atoms with Crippen molar-refractivity contribution in [2.24, 2.45) is 0 Å². The third kappa shape index (κ3) is 3.21. The molecular weight excluding hydrogens is 266 g/mol. The molecule has 4 heteroatoms. The van der Waals surface area contributed by atoms with Gasteiger partial charge < -0.3 is 9.30 Å². The maximum atomic E-state index is 12.4. The van der Waals surface area contributed by atoms with Crippen LogP contribution in [0.5, 0.6) is 0 Å². The number of esters is 1. The van der Waals surface area contributed by atoms with Crippen molar-refractivity contribution >= 4 is 5.97 Å². The SMILES string of the molecule is CCOC(=O)c1cccn(C(C)c2ccc(C)cc2)c1=O. The lowest BCUT2D eigenvalue weighted by atomic mass is 10.1. The largest absolute Gasteiger partial charge is 0.462 e. The number of rotatable bonds is 4. The third-order valence-corrected chi connectivity index (χ3v) is 3.45. The molecule has 0 amide bonds. The number of ether oxygens (including phenoxy) is 1. The summed E-state index contributed by atoms with van der Waals surface area (Å²) in [4.78, 5) is 24.2. The molecule has 0 spiro atoms. The molecule has 2 rings (SSSR count). The topological polar surface area (TPSA) is 48.3 Å². The molecule has 1 aromatic heterocycles. The van der Waals surface area contributed by atoms with Crippen LogP contribution in [0.25, 0.3) is 0 Å². The van der Waals surface area contributed by atoms with Crippen LogP contribution in [0.4, 0.5) is 0 Å². The van der Waals surface area contributed by atoms with Crippen LogP contribution in [0.3, 0.4) is 0 Å². The van der Waals surface area contributed by atoms with Crippen LogP contribution in [-0.2, 0) is 4.74 Å². The number of carbonyl (C=O) groups is 1.